The van der Waals surface area contributed by atoms with Crippen LogP contribution < -0.4 is 0 Å². The van der Waals surface area contributed by atoms with Crippen molar-refractivity contribution in [2.24, 2.45) is 11.1 Å². The molecule has 178 valence electrons. The molecule has 2 aliphatic rings. The lowest BCUT2D eigenvalue weighted by Gasteiger charge is -2.48. The van der Waals surface area contributed by atoms with Crippen molar-refractivity contribution in [3.05, 3.63) is 23.9 Å². The Labute approximate surface area is 190 Å². The van der Waals surface area contributed by atoms with E-state index >= 15 is 0 Å². The van der Waals surface area contributed by atoms with Crippen LogP contribution in [0.3, 0.4) is 0 Å². The number of amides is 1. The van der Waals surface area contributed by atoms with Crippen molar-refractivity contribution in [1.29, 1.82) is 0 Å². The second kappa shape index (κ2) is 9.58. The van der Waals surface area contributed by atoms with Crippen molar-refractivity contribution in [2.45, 2.75) is 64.4 Å². The first-order valence-corrected chi connectivity index (χ1v) is 13.4. The van der Waals surface area contributed by atoms with Crippen LogP contribution in [-0.2, 0) is 33.1 Å². The molecule has 1 amide bonds. The molecule has 2 rings (SSSR count). The summed E-state index contributed by atoms with van der Waals surface area (Å²) in [6, 6.07) is -0.352. The topological polar surface area (TPSA) is 104 Å². The third kappa shape index (κ3) is 4.66. The zero-order valence-corrected chi connectivity index (χ0v) is 21.2. The summed E-state index contributed by atoms with van der Waals surface area (Å²) < 4.78 is 16.4. The maximum Gasteiger partial charge on any atom is 0.360 e. The van der Waals surface area contributed by atoms with E-state index in [4.69, 9.17) is 18.7 Å². The Morgan fingerprint density at radius 1 is 1.31 bits per heavy atom. The molecule has 0 unspecified atom stereocenters. The summed E-state index contributed by atoms with van der Waals surface area (Å²) in [5.74, 6) is -2.21. The first-order chi connectivity index (χ1) is 14.8. The first kappa shape index (κ1) is 25.8. The molecule has 0 saturated carbocycles. The van der Waals surface area contributed by atoms with Gasteiger partial charge in [-0.1, -0.05) is 38.6 Å². The van der Waals surface area contributed by atoms with Gasteiger partial charge in [-0.2, -0.15) is 0 Å². The number of nitrogens with zero attached hydrogens (tertiary/aromatic N) is 2. The number of rotatable bonds is 9. The fourth-order valence-corrected chi connectivity index (χ4v) is 5.21. The highest BCUT2D eigenvalue weighted by molar-refractivity contribution is 6.74. The SMILES string of the molecule is C=CCOC(=O)C1=C(/C(=N/OC)C(=O)OC)C[C@@H]2[C@@H]([C@@H](C)O[Si](C)(C)C(C)(C)C)C(=O)N12. The molecule has 0 aromatic heterocycles. The number of fused-ring (bicyclic) bond motifs is 1. The standard InChI is InChI=1S/C22H34N2O7Si/c1-10-11-30-21(27)18-14(17(23-29-7)20(26)28-6)12-15-16(19(25)24(15)18)13(2)31-32(8,9)22(3,4)5/h10,13,15-16H,1,11-12H2,2-9H3/b23-17-/t13-,15-,16-/m1/s1. The number of carbonyl (C=O) groups excluding carboxylic acids is 3. The minimum Gasteiger partial charge on any atom is -0.464 e. The predicted octanol–water partition coefficient (Wildman–Crippen LogP) is 2.79. The molecule has 10 heteroatoms. The zero-order chi connectivity index (χ0) is 24.4. The molecule has 2 heterocycles. The van der Waals surface area contributed by atoms with E-state index < -0.39 is 26.2 Å². The van der Waals surface area contributed by atoms with Gasteiger partial charge >= 0.3 is 11.9 Å². The molecule has 3 atom stereocenters. The number of hydrogen-bond acceptors (Lipinski definition) is 8. The van der Waals surface area contributed by atoms with Gasteiger partial charge in [0.25, 0.3) is 0 Å². The molecule has 1 fully saturated rings. The second-order valence-corrected chi connectivity index (χ2v) is 14.2. The van der Waals surface area contributed by atoms with E-state index in [2.05, 4.69) is 45.6 Å². The molecular weight excluding hydrogens is 432 g/mol. The monoisotopic (exact) mass is 466 g/mol. The highest BCUT2D eigenvalue weighted by atomic mass is 28.4. The fraction of sp³-hybridized carbons (Fsp3) is 0.636. The smallest absolute Gasteiger partial charge is 0.360 e. The van der Waals surface area contributed by atoms with Gasteiger partial charge < -0.3 is 23.6 Å². The number of β-lactam (4-membered cyclic amide) rings is 1. The number of oxime groups is 1. The normalized spacial score (nSPS) is 22.2. The second-order valence-electron chi connectivity index (χ2n) is 9.42. The van der Waals surface area contributed by atoms with Crippen LogP contribution in [0.15, 0.2) is 29.1 Å². The minimum atomic E-state index is -2.12. The Kier molecular flexibility index (Phi) is 7.72. The van der Waals surface area contributed by atoms with Gasteiger partial charge in [0.1, 0.15) is 19.4 Å². The Hall–Kier alpha value is -2.46. The maximum absolute atomic E-state index is 13.2. The van der Waals surface area contributed by atoms with Crippen molar-refractivity contribution in [3.8, 4) is 0 Å². The van der Waals surface area contributed by atoms with E-state index in [9.17, 15) is 14.4 Å². The van der Waals surface area contributed by atoms with Crippen molar-refractivity contribution in [3.63, 3.8) is 0 Å². The van der Waals surface area contributed by atoms with Gasteiger partial charge in [-0.25, -0.2) is 9.59 Å². The van der Waals surface area contributed by atoms with Crippen LogP contribution in [0.4, 0.5) is 0 Å². The van der Waals surface area contributed by atoms with Gasteiger partial charge in [0, 0.05) is 5.57 Å². The van der Waals surface area contributed by atoms with Crippen LogP contribution in [0.1, 0.15) is 34.1 Å². The van der Waals surface area contributed by atoms with Crippen LogP contribution in [0.5, 0.6) is 0 Å². The molecule has 32 heavy (non-hydrogen) atoms. The molecule has 0 bridgehead atoms. The summed E-state index contributed by atoms with van der Waals surface area (Å²) in [4.78, 5) is 44.5. The van der Waals surface area contributed by atoms with Crippen LogP contribution in [0, 0.1) is 5.92 Å². The zero-order valence-electron chi connectivity index (χ0n) is 20.2. The van der Waals surface area contributed by atoms with Crippen LogP contribution >= 0.6 is 0 Å². The lowest BCUT2D eigenvalue weighted by molar-refractivity contribution is -0.161. The van der Waals surface area contributed by atoms with E-state index in [0.717, 1.165) is 0 Å². The van der Waals surface area contributed by atoms with Crippen LogP contribution in [0.2, 0.25) is 18.1 Å². The largest absolute Gasteiger partial charge is 0.464 e. The van der Waals surface area contributed by atoms with Gasteiger partial charge in [0.2, 0.25) is 5.91 Å². The van der Waals surface area contributed by atoms with Crippen LogP contribution in [-0.4, -0.2) is 69.7 Å². The number of methoxy groups -OCH3 is 1. The van der Waals surface area contributed by atoms with Gasteiger partial charge in [0.15, 0.2) is 14.0 Å². The predicted molar refractivity (Wildman–Crippen MR) is 121 cm³/mol. The summed E-state index contributed by atoms with van der Waals surface area (Å²) in [5, 5.41) is 3.75. The molecule has 9 nitrogen and oxygen atoms in total. The Morgan fingerprint density at radius 2 is 1.94 bits per heavy atom. The van der Waals surface area contributed by atoms with Crippen molar-refractivity contribution < 1.29 is 33.1 Å². The number of carbonyl (C=O) groups is 3. The van der Waals surface area contributed by atoms with E-state index in [1.807, 2.05) is 6.92 Å². The van der Waals surface area contributed by atoms with Crippen molar-refractivity contribution >= 4 is 31.9 Å². The van der Waals surface area contributed by atoms with Crippen molar-refractivity contribution in [2.75, 3.05) is 20.8 Å². The molecule has 0 aromatic rings. The average Bonchev–Trinajstić information content (AvgIpc) is 3.03. The Morgan fingerprint density at radius 3 is 2.44 bits per heavy atom. The van der Waals surface area contributed by atoms with Gasteiger partial charge in [-0.3, -0.25) is 4.79 Å². The number of esters is 2. The molecule has 2 aliphatic heterocycles. The molecule has 0 N–H and O–H groups in total. The first-order valence-electron chi connectivity index (χ1n) is 10.5. The molecule has 0 aliphatic carbocycles. The third-order valence-electron chi connectivity index (χ3n) is 6.37. The fourth-order valence-electron chi connectivity index (χ4n) is 3.78. The van der Waals surface area contributed by atoms with Gasteiger partial charge in [-0.05, 0) is 31.5 Å². The average molecular weight is 467 g/mol. The highest BCUT2D eigenvalue weighted by Gasteiger charge is 2.59. The van der Waals surface area contributed by atoms with E-state index in [1.165, 1.54) is 25.2 Å². The van der Waals surface area contributed by atoms with E-state index in [-0.39, 0.29) is 53.1 Å². The third-order valence-corrected chi connectivity index (χ3v) is 10.9. The highest BCUT2D eigenvalue weighted by Crippen LogP contribution is 2.47. The summed E-state index contributed by atoms with van der Waals surface area (Å²) in [6.45, 7) is 16.0. The van der Waals surface area contributed by atoms with E-state index in [1.54, 1.807) is 0 Å². The summed E-state index contributed by atoms with van der Waals surface area (Å²) in [7, 11) is 0.366. The molecule has 0 radical (unpaired) electrons. The molecule has 0 spiro atoms. The summed E-state index contributed by atoms with van der Waals surface area (Å²) in [6.07, 6.45) is 1.30. The lowest BCUT2D eigenvalue weighted by Crippen LogP contribution is -2.63. The molecular formula is C22H34N2O7Si. The lowest BCUT2D eigenvalue weighted by atomic mass is 9.82. The Bertz CT molecular complexity index is 857. The quantitative estimate of drug-likeness (QED) is 0.128. The molecule has 0 aromatic carbocycles. The maximum atomic E-state index is 13.2. The van der Waals surface area contributed by atoms with Gasteiger partial charge in [0.05, 0.1) is 25.2 Å². The van der Waals surface area contributed by atoms with Crippen molar-refractivity contribution in [1.82, 2.24) is 4.90 Å². The molecule has 1 saturated heterocycles. The van der Waals surface area contributed by atoms with E-state index in [0.29, 0.717) is 0 Å². The number of hydrogen-bond donors (Lipinski definition) is 0. The van der Waals surface area contributed by atoms with Gasteiger partial charge in [-0.15, -0.1) is 0 Å². The minimum absolute atomic E-state index is 0.0150. The summed E-state index contributed by atoms with van der Waals surface area (Å²) >= 11 is 0. The summed E-state index contributed by atoms with van der Waals surface area (Å²) in [5.41, 5.74) is 0.0754. The Balaban J connectivity index is 2.40. The van der Waals surface area contributed by atoms with Crippen LogP contribution in [0.25, 0.3) is 0 Å². The number of ether oxygens (including phenoxy) is 2.